The van der Waals surface area contributed by atoms with Crippen molar-refractivity contribution < 1.29 is 17.4 Å². The molecule has 6 rings (SSSR count). The monoisotopic (exact) mass is 596 g/mol. The molecule has 3 saturated carbocycles. The molecule has 1 aromatic carbocycles. The zero-order valence-electron chi connectivity index (χ0n) is 27.4. The van der Waals surface area contributed by atoms with Gasteiger partial charge in [-0.05, 0) is 120 Å². The van der Waals surface area contributed by atoms with Crippen molar-refractivity contribution in [1.82, 2.24) is 0 Å². The minimum absolute atomic E-state index is 0.136. The van der Waals surface area contributed by atoms with Gasteiger partial charge in [-0.2, -0.15) is 8.42 Å². The Labute approximate surface area is 256 Å². The number of carbonyl (C=O) groups is 1. The lowest BCUT2D eigenvalue weighted by Gasteiger charge is -2.45. The van der Waals surface area contributed by atoms with Crippen molar-refractivity contribution >= 4 is 15.9 Å². The summed E-state index contributed by atoms with van der Waals surface area (Å²) in [6, 6.07) is 4.70. The first-order valence-electron chi connectivity index (χ1n) is 17.3. The minimum atomic E-state index is -3.80. The van der Waals surface area contributed by atoms with Crippen molar-refractivity contribution in [1.29, 1.82) is 0 Å². The SMILES string of the molecule is CC(C)[C@@H](C)CC[C@@H](C)[C@@H]1CC[C@@H]2c3ccc4c(c3CC[C@]21C)CC[C@H](OS(=O)(=O)C[C@@]12CC[C@@H](CC1=O)C2(C)C)C4. The third-order valence-corrected chi connectivity index (χ3v) is 15.6. The van der Waals surface area contributed by atoms with E-state index in [1.165, 1.54) is 43.2 Å². The van der Waals surface area contributed by atoms with Crippen LogP contribution in [0.2, 0.25) is 0 Å². The molecule has 0 saturated heterocycles. The zero-order valence-corrected chi connectivity index (χ0v) is 28.2. The highest BCUT2D eigenvalue weighted by atomic mass is 32.2. The van der Waals surface area contributed by atoms with Gasteiger partial charge in [-0.15, -0.1) is 0 Å². The molecule has 0 radical (unpaired) electrons. The number of fused-ring (bicyclic) bond motifs is 7. The van der Waals surface area contributed by atoms with Gasteiger partial charge in [-0.1, -0.05) is 73.4 Å². The summed E-state index contributed by atoms with van der Waals surface area (Å²) in [5.74, 6) is 4.09. The molecule has 0 spiro atoms. The van der Waals surface area contributed by atoms with Gasteiger partial charge in [0.15, 0.2) is 0 Å². The van der Waals surface area contributed by atoms with E-state index in [0.717, 1.165) is 49.4 Å². The molecule has 0 unspecified atom stereocenters. The Bertz CT molecular complexity index is 1330. The molecule has 1 aromatic rings. The van der Waals surface area contributed by atoms with Crippen molar-refractivity contribution in [2.75, 3.05) is 5.75 Å². The van der Waals surface area contributed by atoms with E-state index in [1.807, 2.05) is 0 Å². The first-order valence-corrected chi connectivity index (χ1v) is 18.8. The zero-order chi connectivity index (χ0) is 30.2. The van der Waals surface area contributed by atoms with E-state index in [4.69, 9.17) is 4.18 Å². The first-order chi connectivity index (χ1) is 19.7. The van der Waals surface area contributed by atoms with Crippen LogP contribution in [0.1, 0.15) is 134 Å². The van der Waals surface area contributed by atoms with Crippen LogP contribution in [0.25, 0.3) is 0 Å². The van der Waals surface area contributed by atoms with E-state index < -0.39 is 15.5 Å². The van der Waals surface area contributed by atoms with Crippen molar-refractivity contribution in [2.24, 2.45) is 45.8 Å². The summed E-state index contributed by atoms with van der Waals surface area (Å²) in [4.78, 5) is 13.0. The fourth-order valence-corrected chi connectivity index (χ4v) is 12.7. The fourth-order valence-electron chi connectivity index (χ4n) is 10.8. The van der Waals surface area contributed by atoms with E-state index in [-0.39, 0.29) is 23.1 Å². The molecule has 5 aliphatic rings. The Kier molecular flexibility index (Phi) is 7.86. The molecule has 0 N–H and O–H groups in total. The van der Waals surface area contributed by atoms with Gasteiger partial charge in [0, 0.05) is 12.8 Å². The number of Topliss-reactive ketones (excluding diaryl/α,β-unsaturated/α-hetero) is 1. The fraction of sp³-hybridized carbons (Fsp3) is 0.811. The lowest BCUT2D eigenvalue weighted by molar-refractivity contribution is -0.128. The van der Waals surface area contributed by atoms with Gasteiger partial charge in [0.2, 0.25) is 0 Å². The molecule has 4 nitrogen and oxygen atoms in total. The highest BCUT2D eigenvalue weighted by Gasteiger charge is 2.65. The summed E-state index contributed by atoms with van der Waals surface area (Å²) in [6.45, 7) is 16.4. The number of ketones is 1. The van der Waals surface area contributed by atoms with Crippen molar-refractivity contribution in [2.45, 2.75) is 138 Å². The predicted molar refractivity (Wildman–Crippen MR) is 170 cm³/mol. The summed E-state index contributed by atoms with van der Waals surface area (Å²) in [5.41, 5.74) is 5.29. The maximum Gasteiger partial charge on any atom is 0.268 e. The molecule has 2 bridgehead atoms. The normalized spacial score (nSPS) is 36.5. The smallest absolute Gasteiger partial charge is 0.268 e. The van der Waals surface area contributed by atoms with Gasteiger partial charge < -0.3 is 0 Å². The second kappa shape index (κ2) is 10.7. The third-order valence-electron chi connectivity index (χ3n) is 14.2. The molecule has 0 heterocycles. The molecular formula is C37H56O4S. The summed E-state index contributed by atoms with van der Waals surface area (Å²) in [7, 11) is -3.80. The molecule has 0 aromatic heterocycles. The van der Waals surface area contributed by atoms with Gasteiger partial charge in [0.25, 0.3) is 10.1 Å². The maximum absolute atomic E-state index is 13.4. The topological polar surface area (TPSA) is 60.4 Å². The second-order valence-electron chi connectivity index (χ2n) is 16.6. The molecule has 5 heteroatoms. The molecule has 5 aliphatic carbocycles. The van der Waals surface area contributed by atoms with Crippen LogP contribution < -0.4 is 0 Å². The summed E-state index contributed by atoms with van der Waals surface area (Å²) >= 11 is 0. The highest BCUT2D eigenvalue weighted by Crippen LogP contribution is 2.64. The van der Waals surface area contributed by atoms with Crippen molar-refractivity contribution in [3.63, 3.8) is 0 Å². The quantitative estimate of drug-likeness (QED) is 0.268. The van der Waals surface area contributed by atoms with Crippen LogP contribution in [-0.4, -0.2) is 26.1 Å². The maximum atomic E-state index is 13.4. The van der Waals surface area contributed by atoms with Gasteiger partial charge in [-0.3, -0.25) is 8.98 Å². The molecule has 0 aliphatic heterocycles. The van der Waals surface area contributed by atoms with Crippen LogP contribution in [0.3, 0.4) is 0 Å². The Morgan fingerprint density at radius 1 is 0.905 bits per heavy atom. The largest absolute Gasteiger partial charge is 0.299 e. The van der Waals surface area contributed by atoms with E-state index in [1.54, 1.807) is 11.1 Å². The van der Waals surface area contributed by atoms with E-state index in [9.17, 15) is 13.2 Å². The summed E-state index contributed by atoms with van der Waals surface area (Å²) in [6.07, 6.45) is 11.9. The molecule has 8 atom stereocenters. The molecule has 0 amide bonds. The number of carbonyl (C=O) groups excluding carboxylic acids is 1. The van der Waals surface area contributed by atoms with E-state index in [2.05, 4.69) is 60.6 Å². The average molecular weight is 597 g/mol. The van der Waals surface area contributed by atoms with Gasteiger partial charge in [0.1, 0.15) is 5.78 Å². The summed E-state index contributed by atoms with van der Waals surface area (Å²) in [5, 5.41) is 0. The standard InChI is InChI=1S/C37H56O4S/c1-23(2)24(3)8-9-25(4)32-14-15-33-31-12-10-26-20-28(11-13-29(26)30(31)17-18-36(32,33)7)41-42(39,40)22-37-19-16-27(21-34(37)38)35(37,5)6/h10,12,23-25,27-28,32-33H,8-9,11,13-22H2,1-7H3/t24-,25+,27-,28-,32-,33+,36-,37-/m0/s1. The number of benzene rings is 1. The lowest BCUT2D eigenvalue weighted by atomic mass is 9.59. The van der Waals surface area contributed by atoms with Crippen LogP contribution >= 0.6 is 0 Å². The Balaban J connectivity index is 1.14. The Morgan fingerprint density at radius 3 is 2.33 bits per heavy atom. The van der Waals surface area contributed by atoms with Gasteiger partial charge >= 0.3 is 0 Å². The first kappa shape index (κ1) is 30.8. The van der Waals surface area contributed by atoms with E-state index >= 15 is 0 Å². The van der Waals surface area contributed by atoms with Crippen LogP contribution in [0, 0.1) is 45.8 Å². The number of hydrogen-bond acceptors (Lipinski definition) is 4. The molecule has 3 fully saturated rings. The average Bonchev–Trinajstić information content (AvgIpc) is 3.46. The van der Waals surface area contributed by atoms with Crippen LogP contribution in [0.4, 0.5) is 0 Å². The van der Waals surface area contributed by atoms with Crippen molar-refractivity contribution in [3.05, 3.63) is 34.4 Å². The number of hydrogen-bond donors (Lipinski definition) is 0. The van der Waals surface area contributed by atoms with Crippen LogP contribution in [0.5, 0.6) is 0 Å². The molecule has 234 valence electrons. The summed E-state index contributed by atoms with van der Waals surface area (Å²) < 4.78 is 32.7. The van der Waals surface area contributed by atoms with Gasteiger partial charge in [-0.25, -0.2) is 0 Å². The molecular weight excluding hydrogens is 540 g/mol. The third kappa shape index (κ3) is 4.86. The van der Waals surface area contributed by atoms with Crippen molar-refractivity contribution in [3.8, 4) is 0 Å². The van der Waals surface area contributed by atoms with Crippen LogP contribution in [0.15, 0.2) is 12.1 Å². The van der Waals surface area contributed by atoms with E-state index in [0.29, 0.717) is 36.5 Å². The van der Waals surface area contributed by atoms with Gasteiger partial charge in [0.05, 0.1) is 17.3 Å². The Morgan fingerprint density at radius 2 is 1.67 bits per heavy atom. The predicted octanol–water partition coefficient (Wildman–Crippen LogP) is 8.44. The minimum Gasteiger partial charge on any atom is -0.299 e. The second-order valence-corrected chi connectivity index (χ2v) is 18.2. The highest BCUT2D eigenvalue weighted by molar-refractivity contribution is 7.86. The van der Waals surface area contributed by atoms with Crippen LogP contribution in [-0.2, 0) is 38.4 Å². The lowest BCUT2D eigenvalue weighted by Crippen LogP contribution is -2.43. The number of rotatable bonds is 9. The molecule has 42 heavy (non-hydrogen) atoms. The Hall–Kier alpha value is -1.20.